The Kier molecular flexibility index (Phi) is 10.7. The lowest BCUT2D eigenvalue weighted by Crippen LogP contribution is -2.37. The van der Waals surface area contributed by atoms with Crippen LogP contribution < -0.4 is 14.2 Å². The number of allylic oxidation sites excluding steroid dienone is 2. The topological polar surface area (TPSA) is 86.7 Å². The zero-order valence-corrected chi connectivity index (χ0v) is 31.9. The van der Waals surface area contributed by atoms with Gasteiger partial charge in [0, 0.05) is 25.1 Å². The van der Waals surface area contributed by atoms with E-state index in [1.807, 2.05) is 77.4 Å². The van der Waals surface area contributed by atoms with E-state index in [9.17, 15) is 13.0 Å². The van der Waals surface area contributed by atoms with E-state index in [4.69, 9.17) is 9.15 Å². The van der Waals surface area contributed by atoms with Gasteiger partial charge in [-0.25, -0.2) is 8.42 Å². The number of fused-ring (bicyclic) bond motifs is 2. The molecule has 0 bridgehead atoms. The van der Waals surface area contributed by atoms with Gasteiger partial charge in [-0.05, 0) is 70.0 Å². The van der Waals surface area contributed by atoms with E-state index in [1.165, 1.54) is 5.56 Å². The molecule has 0 N–H and O–H groups in total. The number of benzene rings is 6. The molecule has 1 aliphatic rings. The van der Waals surface area contributed by atoms with Crippen molar-refractivity contribution in [2.24, 2.45) is 0 Å². The average Bonchev–Trinajstić information content (AvgIpc) is 3.76. The van der Waals surface area contributed by atoms with Gasteiger partial charge >= 0.3 is 5.89 Å². The third-order valence-electron chi connectivity index (χ3n) is 10.3. The standard InChI is InChI=1S/C48H42N2O5S/c1-2-35(31-47-49(29-27-36-15-7-3-8-16-36)42-33-40(23-25-44(42)54-47)37-17-9-4-10-18-37)32-48-50(30-28-46(56(51,52)53)39-21-13-6-14-22-39)43-34-41(24-26-45(43)55-48)38-19-11-5-12-20-38/h3-26,31-34,46H,2,27-30H2,1H3. The first-order valence-electron chi connectivity index (χ1n) is 19.0. The molecular weight excluding hydrogens is 717 g/mol. The minimum absolute atomic E-state index is 0.0729. The monoisotopic (exact) mass is 758 g/mol. The molecule has 280 valence electrons. The zero-order chi connectivity index (χ0) is 38.5. The molecule has 56 heavy (non-hydrogen) atoms. The van der Waals surface area contributed by atoms with Crippen LogP contribution in [-0.2, 0) is 23.1 Å². The van der Waals surface area contributed by atoms with E-state index in [-0.39, 0.29) is 13.0 Å². The second-order valence-corrected chi connectivity index (χ2v) is 15.5. The van der Waals surface area contributed by atoms with Crippen LogP contribution >= 0.6 is 0 Å². The van der Waals surface area contributed by atoms with Crippen molar-refractivity contribution in [1.29, 1.82) is 0 Å². The molecule has 6 aromatic carbocycles. The van der Waals surface area contributed by atoms with Gasteiger partial charge in [0.1, 0.15) is 10.1 Å². The highest BCUT2D eigenvalue weighted by molar-refractivity contribution is 7.86. The quantitative estimate of drug-likeness (QED) is 0.0860. The summed E-state index contributed by atoms with van der Waals surface area (Å²) >= 11 is 0. The van der Waals surface area contributed by atoms with Gasteiger partial charge < -0.3 is 18.6 Å². The Morgan fingerprint density at radius 2 is 1.36 bits per heavy atom. The number of rotatable bonds is 13. The predicted octanol–water partition coefficient (Wildman–Crippen LogP) is 10.5. The minimum atomic E-state index is -4.65. The summed E-state index contributed by atoms with van der Waals surface area (Å²) in [6, 6.07) is 51.9. The summed E-state index contributed by atoms with van der Waals surface area (Å²) in [6.45, 7) is 3.03. The molecule has 1 aliphatic heterocycles. The number of hydrogen-bond acceptors (Lipinski definition) is 6. The smallest absolute Gasteiger partial charge is 0.374 e. The summed E-state index contributed by atoms with van der Waals surface area (Å²) in [4.78, 5) is 2.24. The van der Waals surface area contributed by atoms with Gasteiger partial charge in [-0.15, -0.1) is 0 Å². The van der Waals surface area contributed by atoms with E-state index in [2.05, 4.69) is 84.6 Å². The largest absolute Gasteiger partial charge is 0.747 e. The second kappa shape index (κ2) is 16.3. The van der Waals surface area contributed by atoms with Gasteiger partial charge in [0.15, 0.2) is 12.3 Å². The lowest BCUT2D eigenvalue weighted by atomic mass is 10.0. The fourth-order valence-corrected chi connectivity index (χ4v) is 8.22. The van der Waals surface area contributed by atoms with Gasteiger partial charge in [-0.2, -0.15) is 4.57 Å². The maximum absolute atomic E-state index is 12.6. The third kappa shape index (κ3) is 8.08. The lowest BCUT2D eigenvalue weighted by Gasteiger charge is -2.19. The highest BCUT2D eigenvalue weighted by Crippen LogP contribution is 2.42. The molecule has 8 heteroatoms. The highest BCUT2D eigenvalue weighted by atomic mass is 32.2. The number of ether oxygens (including phenoxy) is 1. The van der Waals surface area contributed by atoms with Crippen molar-refractivity contribution >= 4 is 33.0 Å². The molecule has 0 saturated carbocycles. The fraction of sp³-hybridized carbons (Fsp3) is 0.146. The summed E-state index contributed by atoms with van der Waals surface area (Å²) in [6.07, 6.45) is 5.62. The Bertz CT molecular complexity index is 2620. The number of oxazole rings is 1. The number of nitrogens with zero attached hydrogens (tertiary/aromatic N) is 2. The van der Waals surface area contributed by atoms with Crippen LogP contribution in [0.4, 0.5) is 5.69 Å². The Morgan fingerprint density at radius 1 is 0.750 bits per heavy atom. The summed E-state index contributed by atoms with van der Waals surface area (Å²) in [5.41, 5.74) is 9.41. The average molecular weight is 759 g/mol. The third-order valence-corrected chi connectivity index (χ3v) is 11.5. The lowest BCUT2D eigenvalue weighted by molar-refractivity contribution is -0.678. The van der Waals surface area contributed by atoms with Gasteiger partial charge in [-0.1, -0.05) is 140 Å². The molecule has 1 atom stereocenters. The molecule has 1 unspecified atom stereocenters. The summed E-state index contributed by atoms with van der Waals surface area (Å²) in [5.74, 6) is 2.05. The Hall–Kier alpha value is -6.22. The first kappa shape index (κ1) is 36.7. The van der Waals surface area contributed by atoms with E-state index >= 15 is 0 Å². The van der Waals surface area contributed by atoms with Crippen molar-refractivity contribution in [2.45, 2.75) is 38.0 Å². The number of aryl methyl sites for hydroxylation is 1. The molecule has 2 heterocycles. The van der Waals surface area contributed by atoms with E-state index in [0.29, 0.717) is 35.9 Å². The molecule has 7 aromatic rings. The molecular formula is C48H42N2O5S. The number of anilines is 1. The maximum atomic E-state index is 12.6. The second-order valence-electron chi connectivity index (χ2n) is 13.9. The van der Waals surface area contributed by atoms with Crippen molar-refractivity contribution in [1.82, 2.24) is 0 Å². The Morgan fingerprint density at radius 3 is 2.00 bits per heavy atom. The number of aromatic nitrogens is 1. The van der Waals surface area contributed by atoms with Crippen LogP contribution in [0, 0.1) is 0 Å². The van der Waals surface area contributed by atoms with Crippen LogP contribution in [0.15, 0.2) is 180 Å². The molecule has 0 saturated heterocycles. The van der Waals surface area contributed by atoms with Crippen molar-refractivity contribution in [3.8, 4) is 28.0 Å². The van der Waals surface area contributed by atoms with Crippen LogP contribution in [0.1, 0.15) is 42.0 Å². The Labute approximate surface area is 328 Å². The van der Waals surface area contributed by atoms with E-state index in [1.54, 1.807) is 24.3 Å². The Balaban J connectivity index is 1.19. The SMILES string of the molecule is CCC(=Cc1oc2ccc(-c3ccccc3)cc2[n+]1CCC(c1ccccc1)S(=O)(=O)[O-])C=C1Oc2ccc(-c3ccccc3)cc2N1CCc1ccccc1. The molecule has 0 spiro atoms. The van der Waals surface area contributed by atoms with Crippen LogP contribution in [0.2, 0.25) is 0 Å². The maximum Gasteiger partial charge on any atom is 0.374 e. The van der Waals surface area contributed by atoms with Crippen molar-refractivity contribution in [3.05, 3.63) is 192 Å². The van der Waals surface area contributed by atoms with Gasteiger partial charge in [0.25, 0.3) is 5.52 Å². The van der Waals surface area contributed by atoms with Crippen LogP contribution in [0.25, 0.3) is 39.4 Å². The normalized spacial score (nSPS) is 14.2. The molecule has 1 aromatic heterocycles. The predicted molar refractivity (Wildman–Crippen MR) is 222 cm³/mol. The molecule has 0 fully saturated rings. The first-order chi connectivity index (χ1) is 27.3. The highest BCUT2D eigenvalue weighted by Gasteiger charge is 2.29. The summed E-state index contributed by atoms with van der Waals surface area (Å²) < 4.78 is 53.0. The molecule has 8 rings (SSSR count). The van der Waals surface area contributed by atoms with Crippen LogP contribution in [0.5, 0.6) is 5.75 Å². The van der Waals surface area contributed by atoms with Gasteiger partial charge in [0.2, 0.25) is 11.5 Å². The molecule has 0 amide bonds. The summed E-state index contributed by atoms with van der Waals surface area (Å²) in [7, 11) is -4.65. The van der Waals surface area contributed by atoms with Crippen molar-refractivity contribution in [3.63, 3.8) is 0 Å². The van der Waals surface area contributed by atoms with Crippen molar-refractivity contribution < 1.29 is 26.7 Å². The minimum Gasteiger partial charge on any atom is -0.747 e. The van der Waals surface area contributed by atoms with Crippen LogP contribution in [-0.4, -0.2) is 19.5 Å². The fourth-order valence-electron chi connectivity index (χ4n) is 7.34. The number of hydrogen-bond donors (Lipinski definition) is 0. The molecule has 0 radical (unpaired) electrons. The van der Waals surface area contributed by atoms with Gasteiger partial charge in [-0.3, -0.25) is 0 Å². The van der Waals surface area contributed by atoms with Crippen LogP contribution in [0.3, 0.4) is 0 Å². The van der Waals surface area contributed by atoms with E-state index < -0.39 is 15.4 Å². The molecule has 7 nitrogen and oxygen atoms in total. The van der Waals surface area contributed by atoms with Crippen molar-refractivity contribution in [2.75, 3.05) is 11.4 Å². The zero-order valence-electron chi connectivity index (χ0n) is 31.1. The van der Waals surface area contributed by atoms with Gasteiger partial charge in [0.05, 0.1) is 17.0 Å². The summed E-state index contributed by atoms with van der Waals surface area (Å²) in [5, 5.41) is -1.22. The van der Waals surface area contributed by atoms with E-state index in [0.717, 1.165) is 51.2 Å². The first-order valence-corrected chi connectivity index (χ1v) is 20.4. The molecule has 0 aliphatic carbocycles.